The topological polar surface area (TPSA) is 75.6 Å². The Morgan fingerprint density at radius 1 is 0.914 bits per heavy atom. The molecule has 1 fully saturated rings. The normalized spacial score (nSPS) is 20.9. The van der Waals surface area contributed by atoms with E-state index in [9.17, 15) is 27.9 Å². The number of hydrogen-bond acceptors (Lipinski definition) is 3. The number of amides is 1. The molecule has 3 aromatic rings. The summed E-state index contributed by atoms with van der Waals surface area (Å²) in [5, 5.41) is 12.3. The molecule has 2 aliphatic rings. The Labute approximate surface area is 199 Å². The van der Waals surface area contributed by atoms with Crippen LogP contribution >= 0.6 is 0 Å². The van der Waals surface area contributed by atoms with Crippen LogP contribution in [0.5, 0.6) is 0 Å². The number of rotatable bonds is 5. The Morgan fingerprint density at radius 2 is 1.46 bits per heavy atom. The van der Waals surface area contributed by atoms with Gasteiger partial charge in [-0.3, -0.25) is 0 Å². The third-order valence-corrected chi connectivity index (χ3v) is 6.99. The van der Waals surface area contributed by atoms with Gasteiger partial charge in [-0.15, -0.1) is 0 Å². The van der Waals surface area contributed by atoms with Crippen molar-refractivity contribution in [2.45, 2.75) is 36.4 Å². The Kier molecular flexibility index (Phi) is 5.54. The molecule has 35 heavy (non-hydrogen) atoms. The van der Waals surface area contributed by atoms with Crippen molar-refractivity contribution >= 4 is 12.1 Å². The lowest BCUT2D eigenvalue weighted by atomic mass is 9.65. The fourth-order valence-corrected chi connectivity index (χ4v) is 5.12. The maximum atomic E-state index is 12.8. The molecule has 0 saturated heterocycles. The van der Waals surface area contributed by atoms with Gasteiger partial charge >= 0.3 is 18.2 Å². The van der Waals surface area contributed by atoms with Crippen LogP contribution < -0.4 is 5.32 Å². The third-order valence-electron chi connectivity index (χ3n) is 6.99. The summed E-state index contributed by atoms with van der Waals surface area (Å²) in [7, 11) is 0. The molecule has 5 rings (SSSR count). The van der Waals surface area contributed by atoms with Crippen LogP contribution in [0.3, 0.4) is 0 Å². The fraction of sp³-hybridized carbons (Fsp3) is 0.259. The summed E-state index contributed by atoms with van der Waals surface area (Å²) in [6.07, 6.45) is -5.13. The maximum absolute atomic E-state index is 12.8. The van der Waals surface area contributed by atoms with Crippen molar-refractivity contribution in [2.75, 3.05) is 6.61 Å². The van der Waals surface area contributed by atoms with E-state index in [0.29, 0.717) is 5.56 Å². The number of halogens is 3. The number of carbonyl (C=O) groups is 2. The van der Waals surface area contributed by atoms with Crippen molar-refractivity contribution in [1.29, 1.82) is 0 Å². The molecule has 0 atom stereocenters. The number of hydrogen-bond donors (Lipinski definition) is 2. The highest BCUT2D eigenvalue weighted by Crippen LogP contribution is 2.46. The van der Waals surface area contributed by atoms with E-state index >= 15 is 0 Å². The predicted molar refractivity (Wildman–Crippen MR) is 122 cm³/mol. The van der Waals surface area contributed by atoms with Gasteiger partial charge in [0, 0.05) is 5.92 Å². The molecular weight excluding hydrogens is 459 g/mol. The first-order chi connectivity index (χ1) is 16.7. The van der Waals surface area contributed by atoms with Crippen LogP contribution in [0.2, 0.25) is 0 Å². The second-order valence-electron chi connectivity index (χ2n) is 9.06. The van der Waals surface area contributed by atoms with Gasteiger partial charge in [0.05, 0.1) is 5.56 Å². The second kappa shape index (κ2) is 8.45. The SMILES string of the molecule is O=C(NC1(C(=O)O)CC(c2ccc(C(F)(F)F)cc2)C1)OCC1c2ccccc2-c2ccccc21. The molecule has 1 amide bonds. The number of fused-ring (bicyclic) bond motifs is 3. The number of ether oxygens (including phenoxy) is 1. The van der Waals surface area contributed by atoms with E-state index < -0.39 is 29.3 Å². The van der Waals surface area contributed by atoms with Crippen molar-refractivity contribution in [3.63, 3.8) is 0 Å². The van der Waals surface area contributed by atoms with E-state index in [-0.39, 0.29) is 31.3 Å². The number of alkyl carbamates (subject to hydrolysis) is 1. The van der Waals surface area contributed by atoms with Gasteiger partial charge in [0.1, 0.15) is 12.1 Å². The number of alkyl halides is 3. The first kappa shape index (κ1) is 23.0. The van der Waals surface area contributed by atoms with Crippen molar-refractivity contribution in [3.05, 3.63) is 95.1 Å². The lowest BCUT2D eigenvalue weighted by Gasteiger charge is -2.44. The lowest BCUT2D eigenvalue weighted by molar-refractivity contribution is -0.149. The average molecular weight is 481 g/mol. The fourth-order valence-electron chi connectivity index (χ4n) is 5.12. The zero-order valence-electron chi connectivity index (χ0n) is 18.5. The summed E-state index contributed by atoms with van der Waals surface area (Å²) < 4.78 is 43.9. The van der Waals surface area contributed by atoms with Crippen LogP contribution in [0.1, 0.15) is 46.9 Å². The Bertz CT molecular complexity index is 1230. The minimum atomic E-state index is -4.44. The van der Waals surface area contributed by atoms with Gasteiger partial charge in [0.25, 0.3) is 0 Å². The number of aliphatic carboxylic acids is 1. The molecule has 0 radical (unpaired) electrons. The summed E-state index contributed by atoms with van der Waals surface area (Å²) in [6, 6.07) is 20.4. The highest BCUT2D eigenvalue weighted by Gasteiger charge is 2.52. The van der Waals surface area contributed by atoms with E-state index in [4.69, 9.17) is 4.74 Å². The first-order valence-corrected chi connectivity index (χ1v) is 11.2. The monoisotopic (exact) mass is 481 g/mol. The van der Waals surface area contributed by atoms with E-state index in [1.807, 2.05) is 48.5 Å². The van der Waals surface area contributed by atoms with Crippen molar-refractivity contribution in [2.24, 2.45) is 0 Å². The number of nitrogens with one attached hydrogen (secondary N) is 1. The highest BCUT2D eigenvalue weighted by atomic mass is 19.4. The summed E-state index contributed by atoms with van der Waals surface area (Å²) in [5.41, 5.74) is 2.57. The van der Waals surface area contributed by atoms with Crippen molar-refractivity contribution in [3.8, 4) is 11.1 Å². The van der Waals surface area contributed by atoms with Gasteiger partial charge in [-0.2, -0.15) is 13.2 Å². The lowest BCUT2D eigenvalue weighted by Crippen LogP contribution is -2.61. The summed E-state index contributed by atoms with van der Waals surface area (Å²) in [5.74, 6) is -1.63. The Hall–Kier alpha value is -3.81. The van der Waals surface area contributed by atoms with E-state index in [2.05, 4.69) is 5.32 Å². The van der Waals surface area contributed by atoms with Crippen LogP contribution in [0.15, 0.2) is 72.8 Å². The molecule has 0 aromatic heterocycles. The average Bonchev–Trinajstić information content (AvgIpc) is 3.13. The number of carboxylic acid groups (broad SMARTS) is 1. The molecule has 3 aromatic carbocycles. The zero-order chi connectivity index (χ0) is 24.8. The molecule has 0 unspecified atom stereocenters. The Balaban J connectivity index is 1.24. The van der Waals surface area contributed by atoms with E-state index in [1.165, 1.54) is 12.1 Å². The molecule has 1 saturated carbocycles. The number of carbonyl (C=O) groups excluding carboxylic acids is 1. The highest BCUT2D eigenvalue weighted by molar-refractivity contribution is 5.86. The van der Waals surface area contributed by atoms with Crippen LogP contribution in [0.4, 0.5) is 18.0 Å². The van der Waals surface area contributed by atoms with E-state index in [1.54, 1.807) is 0 Å². The van der Waals surface area contributed by atoms with E-state index in [0.717, 1.165) is 34.4 Å². The number of carboxylic acids is 1. The van der Waals surface area contributed by atoms with Crippen LogP contribution in [-0.4, -0.2) is 29.3 Å². The molecule has 0 bridgehead atoms. The summed E-state index contributed by atoms with van der Waals surface area (Å²) in [6.45, 7) is 0.0535. The molecule has 2 N–H and O–H groups in total. The molecule has 5 nitrogen and oxygen atoms in total. The summed E-state index contributed by atoms with van der Waals surface area (Å²) >= 11 is 0. The van der Waals surface area contributed by atoms with Gasteiger partial charge < -0.3 is 15.2 Å². The predicted octanol–water partition coefficient (Wildman–Crippen LogP) is 5.94. The molecule has 2 aliphatic carbocycles. The molecule has 180 valence electrons. The first-order valence-electron chi connectivity index (χ1n) is 11.2. The molecule has 0 heterocycles. The molecular formula is C27H22F3NO4. The van der Waals surface area contributed by atoms with Crippen molar-refractivity contribution in [1.82, 2.24) is 5.32 Å². The van der Waals surface area contributed by atoms with Crippen LogP contribution in [-0.2, 0) is 15.7 Å². The van der Waals surface area contributed by atoms with Gasteiger partial charge in [0.15, 0.2) is 0 Å². The maximum Gasteiger partial charge on any atom is 0.416 e. The standard InChI is InChI=1S/C27H22F3NO4/c28-27(29,30)18-11-9-16(10-12-18)17-13-26(14-17,24(32)33)31-25(34)35-15-23-21-7-3-1-5-19(21)20-6-2-4-8-22(20)23/h1-12,17,23H,13-15H2,(H,31,34)(H,32,33). The summed E-state index contributed by atoms with van der Waals surface area (Å²) in [4.78, 5) is 24.6. The number of benzene rings is 3. The second-order valence-corrected chi connectivity index (χ2v) is 9.06. The quantitative estimate of drug-likeness (QED) is 0.473. The molecule has 8 heteroatoms. The zero-order valence-corrected chi connectivity index (χ0v) is 18.5. The van der Waals surface area contributed by atoms with Gasteiger partial charge in [0.2, 0.25) is 0 Å². The Morgan fingerprint density at radius 3 is 1.97 bits per heavy atom. The van der Waals surface area contributed by atoms with Crippen LogP contribution in [0, 0.1) is 0 Å². The van der Waals surface area contributed by atoms with Gasteiger partial charge in [-0.25, -0.2) is 9.59 Å². The minimum Gasteiger partial charge on any atom is -0.480 e. The van der Waals surface area contributed by atoms with Crippen molar-refractivity contribution < 1.29 is 32.6 Å². The van der Waals surface area contributed by atoms with Gasteiger partial charge in [-0.05, 0) is 58.7 Å². The third kappa shape index (κ3) is 4.13. The molecule has 0 spiro atoms. The van der Waals surface area contributed by atoms with Crippen LogP contribution in [0.25, 0.3) is 11.1 Å². The molecule has 0 aliphatic heterocycles. The minimum absolute atomic E-state index is 0.0535. The smallest absolute Gasteiger partial charge is 0.416 e. The van der Waals surface area contributed by atoms with Gasteiger partial charge in [-0.1, -0.05) is 60.7 Å². The largest absolute Gasteiger partial charge is 0.480 e.